The van der Waals surface area contributed by atoms with E-state index in [9.17, 15) is 19.8 Å². The van der Waals surface area contributed by atoms with E-state index in [0.29, 0.717) is 23.4 Å². The first kappa shape index (κ1) is 32.7. The van der Waals surface area contributed by atoms with Gasteiger partial charge in [0, 0.05) is 6.42 Å². The Hall–Kier alpha value is -2.83. The van der Waals surface area contributed by atoms with Crippen LogP contribution in [-0.2, 0) is 14.3 Å². The SMILES string of the molecule is CCCCCCCCCCCCCCCC(=O)NCC(=O)N[C@@H]1[C@@H](O)[C@H](O)[C@@H](Nc2ncnc3nc[nH]c23)O[C@H]1C. The molecular weight excluding hydrogens is 526 g/mol. The number of nitrogens with one attached hydrogen (secondary N) is 4. The van der Waals surface area contributed by atoms with Crippen LogP contribution in [0.3, 0.4) is 0 Å². The largest absolute Gasteiger partial charge is 0.388 e. The number of imidazole rings is 1. The number of nitrogens with zero attached hydrogens (tertiary/aromatic N) is 3. The Labute approximate surface area is 242 Å². The zero-order chi connectivity index (χ0) is 29.5. The van der Waals surface area contributed by atoms with Crippen LogP contribution in [0.5, 0.6) is 0 Å². The number of aromatic amines is 1. The van der Waals surface area contributed by atoms with Crippen molar-refractivity contribution in [1.29, 1.82) is 0 Å². The van der Waals surface area contributed by atoms with Crippen molar-refractivity contribution < 1.29 is 24.5 Å². The summed E-state index contributed by atoms with van der Waals surface area (Å²) in [4.78, 5) is 39.8. The highest BCUT2D eigenvalue weighted by atomic mass is 16.5. The van der Waals surface area contributed by atoms with Gasteiger partial charge in [-0.05, 0) is 13.3 Å². The summed E-state index contributed by atoms with van der Waals surface area (Å²) in [5.41, 5.74) is 0.984. The van der Waals surface area contributed by atoms with Crippen molar-refractivity contribution in [3.63, 3.8) is 0 Å². The molecule has 6 N–H and O–H groups in total. The maximum atomic E-state index is 12.5. The molecule has 0 unspecified atom stereocenters. The summed E-state index contributed by atoms with van der Waals surface area (Å²) in [5, 5.41) is 29.7. The minimum atomic E-state index is -1.35. The molecule has 41 heavy (non-hydrogen) atoms. The molecule has 1 saturated heterocycles. The van der Waals surface area contributed by atoms with E-state index in [1.807, 2.05) is 0 Å². The lowest BCUT2D eigenvalue weighted by atomic mass is 9.96. The molecule has 3 rings (SSSR count). The number of ether oxygens (including phenoxy) is 1. The lowest BCUT2D eigenvalue weighted by molar-refractivity contribution is -0.172. The molecule has 230 valence electrons. The average molecular weight is 576 g/mol. The fourth-order valence-corrected chi connectivity index (χ4v) is 5.20. The molecule has 12 nitrogen and oxygen atoms in total. The Morgan fingerprint density at radius 3 is 2.17 bits per heavy atom. The minimum Gasteiger partial charge on any atom is -0.388 e. The van der Waals surface area contributed by atoms with Crippen LogP contribution < -0.4 is 16.0 Å². The second-order valence-electron chi connectivity index (χ2n) is 11.1. The number of hydrogen-bond donors (Lipinski definition) is 6. The first-order valence-corrected chi connectivity index (χ1v) is 15.4. The zero-order valence-corrected chi connectivity index (χ0v) is 24.6. The van der Waals surface area contributed by atoms with Gasteiger partial charge in [0.1, 0.15) is 24.1 Å². The summed E-state index contributed by atoms with van der Waals surface area (Å²) in [6.07, 6.45) is 15.1. The smallest absolute Gasteiger partial charge is 0.239 e. The molecule has 0 spiro atoms. The van der Waals surface area contributed by atoms with Crippen LogP contribution in [0.25, 0.3) is 11.2 Å². The van der Waals surface area contributed by atoms with Gasteiger partial charge < -0.3 is 35.9 Å². The predicted octanol–water partition coefficient (Wildman–Crippen LogP) is 3.31. The first-order valence-electron chi connectivity index (χ1n) is 15.4. The second-order valence-corrected chi connectivity index (χ2v) is 11.1. The molecular formula is C29H49N7O5. The van der Waals surface area contributed by atoms with Crippen LogP contribution in [-0.4, -0.2) is 79.1 Å². The molecule has 5 atom stereocenters. The van der Waals surface area contributed by atoms with Crippen molar-refractivity contribution >= 4 is 28.8 Å². The number of rotatable bonds is 19. The number of fused-ring (bicyclic) bond motifs is 1. The third-order valence-electron chi connectivity index (χ3n) is 7.68. The number of aromatic nitrogens is 4. The van der Waals surface area contributed by atoms with Crippen LogP contribution in [0.1, 0.15) is 104 Å². The number of amides is 2. The Balaban J connectivity index is 1.25. The monoisotopic (exact) mass is 575 g/mol. The van der Waals surface area contributed by atoms with Gasteiger partial charge in [0.15, 0.2) is 17.7 Å². The molecule has 0 aromatic carbocycles. The number of H-pyrrole nitrogens is 1. The zero-order valence-electron chi connectivity index (χ0n) is 24.6. The molecule has 2 aromatic heterocycles. The number of carbonyl (C=O) groups excluding carboxylic acids is 2. The van der Waals surface area contributed by atoms with Crippen LogP contribution in [0.15, 0.2) is 12.7 Å². The van der Waals surface area contributed by atoms with Crippen molar-refractivity contribution in [2.45, 2.75) is 134 Å². The maximum Gasteiger partial charge on any atom is 0.239 e. The van der Waals surface area contributed by atoms with Gasteiger partial charge in [0.2, 0.25) is 11.8 Å². The van der Waals surface area contributed by atoms with E-state index >= 15 is 0 Å². The van der Waals surface area contributed by atoms with E-state index in [1.54, 1.807) is 6.92 Å². The van der Waals surface area contributed by atoms with Gasteiger partial charge in [-0.1, -0.05) is 84.0 Å². The fraction of sp³-hybridized carbons (Fsp3) is 0.759. The summed E-state index contributed by atoms with van der Waals surface area (Å²) in [6, 6.07) is -0.855. The predicted molar refractivity (Wildman–Crippen MR) is 157 cm³/mol. The van der Waals surface area contributed by atoms with E-state index in [0.717, 1.165) is 19.3 Å². The van der Waals surface area contributed by atoms with Crippen molar-refractivity contribution in [3.05, 3.63) is 12.7 Å². The molecule has 0 aliphatic carbocycles. The van der Waals surface area contributed by atoms with Gasteiger partial charge >= 0.3 is 0 Å². The maximum absolute atomic E-state index is 12.5. The number of carbonyl (C=O) groups is 2. The standard InChI is InChI=1S/C29H49N7O5/c1-3-4-5-6-7-8-9-10-11-12-13-14-15-16-21(37)30-17-22(38)35-23-20(2)41-29(26(40)25(23)39)36-28-24-27(32-18-31-24)33-19-34-28/h18-20,23,25-26,29,39-40H,3-17H2,1-2H3,(H,30,37)(H,35,38)(H2,31,32,33,34,36)/t20-,23-,25+,26-,29-/m0/s1. The number of aliphatic hydroxyl groups excluding tert-OH is 2. The number of anilines is 1. The van der Waals surface area contributed by atoms with Crippen molar-refractivity contribution in [2.24, 2.45) is 0 Å². The quantitative estimate of drug-likeness (QED) is 0.137. The highest BCUT2D eigenvalue weighted by molar-refractivity contribution is 5.85. The van der Waals surface area contributed by atoms with Crippen LogP contribution >= 0.6 is 0 Å². The Kier molecular flexibility index (Phi) is 14.2. The number of aliphatic hydroxyl groups is 2. The van der Waals surface area contributed by atoms with E-state index in [4.69, 9.17) is 4.74 Å². The molecule has 1 fully saturated rings. The van der Waals surface area contributed by atoms with E-state index < -0.39 is 36.5 Å². The average Bonchev–Trinajstić information content (AvgIpc) is 3.45. The van der Waals surface area contributed by atoms with Crippen molar-refractivity contribution in [2.75, 3.05) is 11.9 Å². The molecule has 1 aliphatic rings. The Morgan fingerprint density at radius 2 is 1.51 bits per heavy atom. The fourth-order valence-electron chi connectivity index (χ4n) is 5.20. The normalized spacial score (nSPS) is 22.5. The summed E-state index contributed by atoms with van der Waals surface area (Å²) < 4.78 is 5.85. The lowest BCUT2D eigenvalue weighted by Crippen LogP contribution is -2.64. The highest BCUT2D eigenvalue weighted by Crippen LogP contribution is 2.24. The third-order valence-corrected chi connectivity index (χ3v) is 7.68. The van der Waals surface area contributed by atoms with Crippen LogP contribution in [0.2, 0.25) is 0 Å². The number of hydrogen-bond acceptors (Lipinski definition) is 9. The Morgan fingerprint density at radius 1 is 0.878 bits per heavy atom. The number of unbranched alkanes of at least 4 members (excludes halogenated alkanes) is 12. The molecule has 0 saturated carbocycles. The van der Waals surface area contributed by atoms with Crippen LogP contribution in [0, 0.1) is 0 Å². The van der Waals surface area contributed by atoms with E-state index in [2.05, 4.69) is 42.8 Å². The molecule has 1 aliphatic heterocycles. The van der Waals surface area contributed by atoms with Gasteiger partial charge in [-0.3, -0.25) is 9.59 Å². The van der Waals surface area contributed by atoms with Gasteiger partial charge in [0.25, 0.3) is 0 Å². The summed E-state index contributed by atoms with van der Waals surface area (Å²) >= 11 is 0. The molecule has 12 heteroatoms. The van der Waals surface area contributed by atoms with Crippen LogP contribution in [0.4, 0.5) is 5.82 Å². The summed E-state index contributed by atoms with van der Waals surface area (Å²) in [7, 11) is 0. The molecule has 2 amide bonds. The van der Waals surface area contributed by atoms with Gasteiger partial charge in [-0.15, -0.1) is 0 Å². The third kappa shape index (κ3) is 10.8. The van der Waals surface area contributed by atoms with Gasteiger partial charge in [-0.25, -0.2) is 15.0 Å². The summed E-state index contributed by atoms with van der Waals surface area (Å²) in [6.45, 7) is 3.73. The van der Waals surface area contributed by atoms with E-state index in [1.165, 1.54) is 76.9 Å². The highest BCUT2D eigenvalue weighted by Gasteiger charge is 2.43. The van der Waals surface area contributed by atoms with E-state index in [-0.39, 0.29) is 12.5 Å². The second kappa shape index (κ2) is 17.9. The van der Waals surface area contributed by atoms with Gasteiger partial charge in [-0.2, -0.15) is 0 Å². The first-order chi connectivity index (χ1) is 19.9. The molecule has 0 bridgehead atoms. The molecule has 0 radical (unpaired) electrons. The van der Waals surface area contributed by atoms with Gasteiger partial charge in [0.05, 0.1) is 25.0 Å². The Bertz CT molecular complexity index is 1050. The summed E-state index contributed by atoms with van der Waals surface area (Å²) in [5.74, 6) is -0.266. The van der Waals surface area contributed by atoms with Crippen molar-refractivity contribution in [3.8, 4) is 0 Å². The molecule has 2 aromatic rings. The minimum absolute atomic E-state index is 0.170. The van der Waals surface area contributed by atoms with Crippen molar-refractivity contribution in [1.82, 2.24) is 30.6 Å². The topological polar surface area (TPSA) is 174 Å². The molecule has 3 heterocycles. The lowest BCUT2D eigenvalue weighted by Gasteiger charge is -2.42.